The first-order valence-electron chi connectivity index (χ1n) is 6.24. The number of thioether (sulfide) groups is 1. The van der Waals surface area contributed by atoms with Crippen molar-refractivity contribution in [1.29, 1.82) is 0 Å². The Hall–Kier alpha value is -0.230. The zero-order valence-electron chi connectivity index (χ0n) is 10.9. The third kappa shape index (κ3) is 4.12. The molecule has 0 amide bonds. The van der Waals surface area contributed by atoms with Crippen LogP contribution in [0.5, 0.6) is 0 Å². The normalized spacial score (nSPS) is 21.5. The van der Waals surface area contributed by atoms with Crippen LogP contribution in [0.15, 0.2) is 24.3 Å². The number of alkyl halides is 1. The van der Waals surface area contributed by atoms with Gasteiger partial charge in [-0.15, -0.1) is 11.6 Å². The van der Waals surface area contributed by atoms with E-state index in [1.54, 1.807) is 4.31 Å². The van der Waals surface area contributed by atoms with Gasteiger partial charge in [-0.25, -0.2) is 8.42 Å². The van der Waals surface area contributed by atoms with Crippen LogP contribution in [0.4, 0.5) is 0 Å². The molecule has 0 bridgehead atoms. The van der Waals surface area contributed by atoms with E-state index in [0.717, 1.165) is 16.9 Å². The molecule has 2 rings (SSSR count). The summed E-state index contributed by atoms with van der Waals surface area (Å²) in [6.45, 7) is 3.31. The fraction of sp³-hybridized carbons (Fsp3) is 0.538. The van der Waals surface area contributed by atoms with Crippen molar-refractivity contribution in [3.63, 3.8) is 0 Å². The van der Waals surface area contributed by atoms with Crippen LogP contribution in [0.2, 0.25) is 0 Å². The number of rotatable bonds is 4. The molecule has 0 aliphatic carbocycles. The lowest BCUT2D eigenvalue weighted by atomic mass is 10.2. The van der Waals surface area contributed by atoms with Gasteiger partial charge in [0, 0.05) is 30.0 Å². The lowest BCUT2D eigenvalue weighted by Crippen LogP contribution is -2.41. The average molecular weight is 320 g/mol. The summed E-state index contributed by atoms with van der Waals surface area (Å²) in [6.07, 6.45) is 0. The van der Waals surface area contributed by atoms with E-state index in [9.17, 15) is 8.42 Å². The molecule has 1 heterocycles. The second kappa shape index (κ2) is 6.48. The van der Waals surface area contributed by atoms with Crippen molar-refractivity contribution in [3.8, 4) is 0 Å². The lowest BCUT2D eigenvalue weighted by molar-refractivity contribution is 0.423. The second-order valence-corrected chi connectivity index (χ2v) is 8.53. The molecule has 1 aliphatic heterocycles. The average Bonchev–Trinajstić information content (AvgIpc) is 2.39. The van der Waals surface area contributed by atoms with Crippen molar-refractivity contribution >= 4 is 33.4 Å². The van der Waals surface area contributed by atoms with Crippen LogP contribution in [0.1, 0.15) is 18.1 Å². The topological polar surface area (TPSA) is 37.4 Å². The summed E-state index contributed by atoms with van der Waals surface area (Å²) < 4.78 is 26.3. The molecule has 0 saturated carbocycles. The van der Waals surface area contributed by atoms with Crippen LogP contribution in [0, 0.1) is 0 Å². The van der Waals surface area contributed by atoms with Gasteiger partial charge in [0.2, 0.25) is 10.0 Å². The van der Waals surface area contributed by atoms with Crippen molar-refractivity contribution in [2.45, 2.75) is 23.8 Å². The van der Waals surface area contributed by atoms with E-state index in [-0.39, 0.29) is 5.75 Å². The molecule has 1 aromatic rings. The summed E-state index contributed by atoms with van der Waals surface area (Å²) in [5, 5.41) is 0.377. The molecule has 106 valence electrons. The second-order valence-electron chi connectivity index (χ2n) is 4.75. The number of nitrogens with zero attached hydrogens (tertiary/aromatic N) is 1. The number of halogens is 1. The molecule has 3 nitrogen and oxygen atoms in total. The molecule has 6 heteroatoms. The molecule has 0 spiro atoms. The highest BCUT2D eigenvalue weighted by Gasteiger charge is 2.27. The molecule has 1 unspecified atom stereocenters. The summed E-state index contributed by atoms with van der Waals surface area (Å²) in [5.41, 5.74) is 1.82. The van der Waals surface area contributed by atoms with Gasteiger partial charge < -0.3 is 0 Å². The Kier molecular flexibility index (Phi) is 5.17. The van der Waals surface area contributed by atoms with Gasteiger partial charge in [0.1, 0.15) is 0 Å². The van der Waals surface area contributed by atoms with Gasteiger partial charge in [-0.05, 0) is 11.1 Å². The fourth-order valence-electron chi connectivity index (χ4n) is 2.07. The van der Waals surface area contributed by atoms with E-state index in [1.807, 2.05) is 36.0 Å². The van der Waals surface area contributed by atoms with Crippen molar-refractivity contribution in [2.24, 2.45) is 0 Å². The summed E-state index contributed by atoms with van der Waals surface area (Å²) in [6, 6.07) is 7.45. The zero-order chi connectivity index (χ0) is 13.9. The minimum Gasteiger partial charge on any atom is -0.212 e. The Morgan fingerprint density at radius 1 is 1.32 bits per heavy atom. The molecular formula is C13H18ClNO2S2. The number of hydrogen-bond acceptors (Lipinski definition) is 3. The maximum atomic E-state index is 12.3. The quantitative estimate of drug-likeness (QED) is 0.801. The van der Waals surface area contributed by atoms with Gasteiger partial charge >= 0.3 is 0 Å². The van der Waals surface area contributed by atoms with Crippen molar-refractivity contribution in [1.82, 2.24) is 4.31 Å². The fourth-order valence-corrected chi connectivity index (χ4v) is 5.08. The molecule has 1 fully saturated rings. The monoisotopic (exact) mass is 319 g/mol. The Labute approximate surface area is 124 Å². The number of benzene rings is 1. The Morgan fingerprint density at radius 2 is 1.95 bits per heavy atom. The minimum atomic E-state index is -3.20. The molecule has 0 aromatic heterocycles. The Bertz CT molecular complexity index is 516. The van der Waals surface area contributed by atoms with Crippen LogP contribution in [-0.4, -0.2) is 36.8 Å². The largest absolute Gasteiger partial charge is 0.218 e. The van der Waals surface area contributed by atoms with E-state index in [1.165, 1.54) is 0 Å². The molecule has 1 aromatic carbocycles. The molecule has 0 radical (unpaired) electrons. The van der Waals surface area contributed by atoms with Gasteiger partial charge in [-0.1, -0.05) is 31.2 Å². The maximum Gasteiger partial charge on any atom is 0.218 e. The Balaban J connectivity index is 2.07. The van der Waals surface area contributed by atoms with Crippen molar-refractivity contribution < 1.29 is 8.42 Å². The molecule has 1 atom stereocenters. The van der Waals surface area contributed by atoms with E-state index in [0.29, 0.717) is 24.2 Å². The van der Waals surface area contributed by atoms with E-state index < -0.39 is 10.0 Å². The molecular weight excluding hydrogens is 302 g/mol. The molecule has 0 N–H and O–H groups in total. The predicted octanol–water partition coefficient (Wildman–Crippen LogP) is 2.69. The van der Waals surface area contributed by atoms with Gasteiger partial charge in [-0.2, -0.15) is 16.1 Å². The number of sulfonamides is 1. The van der Waals surface area contributed by atoms with Crippen molar-refractivity contribution in [2.75, 3.05) is 18.8 Å². The maximum absolute atomic E-state index is 12.3. The Morgan fingerprint density at radius 3 is 2.53 bits per heavy atom. The SMILES string of the molecule is CC1CN(S(=O)(=O)Cc2ccc(CCl)cc2)CCS1. The first-order valence-corrected chi connectivity index (χ1v) is 9.44. The first-order chi connectivity index (χ1) is 9.01. The van der Waals surface area contributed by atoms with Gasteiger partial charge in [0.15, 0.2) is 0 Å². The smallest absolute Gasteiger partial charge is 0.212 e. The summed E-state index contributed by atoms with van der Waals surface area (Å²) >= 11 is 7.55. The van der Waals surface area contributed by atoms with E-state index in [4.69, 9.17) is 11.6 Å². The van der Waals surface area contributed by atoms with Crippen LogP contribution in [0.3, 0.4) is 0 Å². The number of hydrogen-bond donors (Lipinski definition) is 0. The van der Waals surface area contributed by atoms with Crippen LogP contribution >= 0.6 is 23.4 Å². The minimum absolute atomic E-state index is 0.0763. The molecule has 1 saturated heterocycles. The zero-order valence-corrected chi connectivity index (χ0v) is 13.3. The van der Waals surface area contributed by atoms with Crippen LogP contribution in [-0.2, 0) is 21.7 Å². The summed E-state index contributed by atoms with van der Waals surface area (Å²) in [7, 11) is -3.20. The highest BCUT2D eigenvalue weighted by atomic mass is 35.5. The highest BCUT2D eigenvalue weighted by Crippen LogP contribution is 2.22. The van der Waals surface area contributed by atoms with Crippen LogP contribution in [0.25, 0.3) is 0 Å². The molecule has 19 heavy (non-hydrogen) atoms. The third-order valence-electron chi connectivity index (χ3n) is 3.12. The van der Waals surface area contributed by atoms with E-state index >= 15 is 0 Å². The van der Waals surface area contributed by atoms with Gasteiger partial charge in [0.05, 0.1) is 5.75 Å². The third-order valence-corrected chi connectivity index (χ3v) is 6.39. The highest BCUT2D eigenvalue weighted by molar-refractivity contribution is 8.00. The van der Waals surface area contributed by atoms with Crippen LogP contribution < -0.4 is 0 Å². The molecule has 1 aliphatic rings. The van der Waals surface area contributed by atoms with Gasteiger partial charge in [-0.3, -0.25) is 0 Å². The van der Waals surface area contributed by atoms with Gasteiger partial charge in [0.25, 0.3) is 0 Å². The summed E-state index contributed by atoms with van der Waals surface area (Å²) in [4.78, 5) is 0. The van der Waals surface area contributed by atoms with E-state index in [2.05, 4.69) is 6.92 Å². The van der Waals surface area contributed by atoms with Crippen molar-refractivity contribution in [3.05, 3.63) is 35.4 Å². The summed E-state index contributed by atoms with van der Waals surface area (Å²) in [5.74, 6) is 1.41. The lowest BCUT2D eigenvalue weighted by Gasteiger charge is -2.29. The predicted molar refractivity (Wildman–Crippen MR) is 82.1 cm³/mol. The standard InChI is InChI=1S/C13H18ClNO2S2/c1-11-9-15(6-7-18-11)19(16,17)10-13-4-2-12(8-14)3-5-13/h2-5,11H,6-10H2,1H3. The first kappa shape index (κ1) is 15.2.